The van der Waals surface area contributed by atoms with Gasteiger partial charge in [-0.15, -0.1) is 0 Å². The van der Waals surface area contributed by atoms with Gasteiger partial charge in [0.2, 0.25) is 0 Å². The van der Waals surface area contributed by atoms with Gasteiger partial charge < -0.3 is 9.88 Å². The molecule has 0 saturated carbocycles. The van der Waals surface area contributed by atoms with E-state index in [0.717, 1.165) is 5.52 Å². The van der Waals surface area contributed by atoms with E-state index in [9.17, 15) is 9.18 Å². The minimum absolute atomic E-state index is 0.118. The van der Waals surface area contributed by atoms with Crippen molar-refractivity contribution in [1.29, 1.82) is 0 Å². The molecule has 0 atom stereocenters. The molecule has 1 N–H and O–H groups in total. The molecule has 4 nitrogen and oxygen atoms in total. The maximum absolute atomic E-state index is 14.3. The first-order chi connectivity index (χ1) is 10.6. The second kappa shape index (κ2) is 4.91. The summed E-state index contributed by atoms with van der Waals surface area (Å²) in [4.78, 5) is 16.7. The van der Waals surface area contributed by atoms with Gasteiger partial charge in [0.15, 0.2) is 0 Å². The van der Waals surface area contributed by atoms with Crippen LogP contribution in [0.25, 0.3) is 22.4 Å². The van der Waals surface area contributed by atoms with Gasteiger partial charge in [-0.25, -0.2) is 9.37 Å². The van der Waals surface area contributed by atoms with Crippen molar-refractivity contribution < 1.29 is 9.18 Å². The molecule has 2 heterocycles. The van der Waals surface area contributed by atoms with Gasteiger partial charge in [0, 0.05) is 17.6 Å². The Bertz CT molecular complexity index is 919. The van der Waals surface area contributed by atoms with Gasteiger partial charge in [-0.3, -0.25) is 4.79 Å². The number of nitrogens with zero attached hydrogens (tertiary/aromatic N) is 2. The van der Waals surface area contributed by atoms with E-state index in [0.29, 0.717) is 40.0 Å². The zero-order chi connectivity index (χ0) is 15.3. The van der Waals surface area contributed by atoms with E-state index < -0.39 is 0 Å². The Kier molecular flexibility index (Phi) is 3.00. The monoisotopic (exact) mass is 359 g/mol. The van der Waals surface area contributed by atoms with E-state index in [1.165, 1.54) is 6.07 Å². The summed E-state index contributed by atoms with van der Waals surface area (Å²) >= 11 is 3.26. The third kappa shape index (κ3) is 1.94. The predicted octanol–water partition coefficient (Wildman–Crippen LogP) is 3.35. The molecule has 0 aliphatic carbocycles. The van der Waals surface area contributed by atoms with Gasteiger partial charge in [0.05, 0.1) is 22.2 Å². The predicted molar refractivity (Wildman–Crippen MR) is 85.2 cm³/mol. The van der Waals surface area contributed by atoms with Gasteiger partial charge in [-0.2, -0.15) is 0 Å². The van der Waals surface area contributed by atoms with Crippen LogP contribution >= 0.6 is 15.9 Å². The van der Waals surface area contributed by atoms with Crippen LogP contribution in [-0.2, 0) is 6.54 Å². The number of aromatic nitrogens is 2. The van der Waals surface area contributed by atoms with E-state index in [4.69, 9.17) is 0 Å². The van der Waals surface area contributed by atoms with Crippen molar-refractivity contribution in [3.63, 3.8) is 0 Å². The fraction of sp³-hybridized carbons (Fsp3) is 0.125. The molecular formula is C16H11BrFN3O. The molecule has 0 bridgehead atoms. The minimum atomic E-state index is -0.342. The van der Waals surface area contributed by atoms with Crippen LogP contribution in [0.1, 0.15) is 10.4 Å². The van der Waals surface area contributed by atoms with Crippen molar-refractivity contribution in [1.82, 2.24) is 14.9 Å². The smallest absolute Gasteiger partial charge is 0.253 e. The third-order valence-electron chi connectivity index (χ3n) is 3.80. The highest BCUT2D eigenvalue weighted by Crippen LogP contribution is 2.30. The summed E-state index contributed by atoms with van der Waals surface area (Å²) in [5, 5.41) is 2.85. The van der Waals surface area contributed by atoms with Gasteiger partial charge in [-0.1, -0.05) is 22.0 Å². The van der Waals surface area contributed by atoms with E-state index in [-0.39, 0.29) is 11.7 Å². The minimum Gasteiger partial charge on any atom is -0.350 e. The lowest BCUT2D eigenvalue weighted by Crippen LogP contribution is -2.24. The highest BCUT2D eigenvalue weighted by molar-refractivity contribution is 9.10. The number of halogens is 2. The summed E-state index contributed by atoms with van der Waals surface area (Å²) in [7, 11) is 0. The first-order valence-corrected chi connectivity index (χ1v) is 7.67. The van der Waals surface area contributed by atoms with Gasteiger partial charge in [0.25, 0.3) is 5.91 Å². The number of carbonyl (C=O) groups is 1. The lowest BCUT2D eigenvalue weighted by molar-refractivity contribution is 0.0956. The Hall–Kier alpha value is -2.21. The van der Waals surface area contributed by atoms with Crippen LogP contribution in [0.15, 0.2) is 40.9 Å². The van der Waals surface area contributed by atoms with Crippen molar-refractivity contribution in [2.24, 2.45) is 0 Å². The molecule has 0 fully saturated rings. The average Bonchev–Trinajstić information content (AvgIpc) is 2.76. The van der Waals surface area contributed by atoms with Crippen molar-refractivity contribution in [3.05, 3.63) is 52.3 Å². The lowest BCUT2D eigenvalue weighted by atomic mass is 10.1. The van der Waals surface area contributed by atoms with Crippen molar-refractivity contribution in [3.8, 4) is 11.4 Å². The van der Waals surface area contributed by atoms with Crippen LogP contribution in [0, 0.1) is 5.82 Å². The first kappa shape index (κ1) is 13.5. The lowest BCUT2D eigenvalue weighted by Gasteiger charge is -2.08. The standard InChI is InChI=1S/C16H11BrFN3O/c17-9-4-5-10(12(18)8-9)15-20-13-3-1-2-11-14(13)21(15)7-6-19-16(11)22/h1-5,8H,6-7H2,(H,19,22). The fourth-order valence-electron chi connectivity index (χ4n) is 2.84. The summed E-state index contributed by atoms with van der Waals surface area (Å²) < 4.78 is 16.9. The van der Waals surface area contributed by atoms with Gasteiger partial charge >= 0.3 is 0 Å². The molecule has 2 aromatic carbocycles. The molecule has 0 spiro atoms. The van der Waals surface area contributed by atoms with E-state index in [2.05, 4.69) is 26.2 Å². The molecule has 6 heteroatoms. The van der Waals surface area contributed by atoms with E-state index >= 15 is 0 Å². The van der Waals surface area contributed by atoms with Crippen LogP contribution in [0.5, 0.6) is 0 Å². The molecule has 110 valence electrons. The molecular weight excluding hydrogens is 349 g/mol. The molecule has 0 radical (unpaired) electrons. The molecule has 22 heavy (non-hydrogen) atoms. The number of nitrogens with one attached hydrogen (secondary N) is 1. The van der Waals surface area contributed by atoms with E-state index in [1.54, 1.807) is 24.3 Å². The number of hydrogen-bond donors (Lipinski definition) is 1. The second-order valence-corrected chi connectivity index (χ2v) is 6.06. The molecule has 0 saturated heterocycles. The quantitative estimate of drug-likeness (QED) is 0.724. The molecule has 1 aromatic heterocycles. The zero-order valence-electron chi connectivity index (χ0n) is 11.4. The molecule has 1 aliphatic heterocycles. The first-order valence-electron chi connectivity index (χ1n) is 6.88. The largest absolute Gasteiger partial charge is 0.350 e. The number of hydrogen-bond acceptors (Lipinski definition) is 2. The number of carbonyl (C=O) groups excluding carboxylic acids is 1. The van der Waals surface area contributed by atoms with Crippen LogP contribution in [0.2, 0.25) is 0 Å². The summed E-state index contributed by atoms with van der Waals surface area (Å²) in [6.07, 6.45) is 0. The Balaban J connectivity index is 2.05. The van der Waals surface area contributed by atoms with E-state index in [1.807, 2.05) is 10.6 Å². The zero-order valence-corrected chi connectivity index (χ0v) is 13.0. The number of imidazole rings is 1. The van der Waals surface area contributed by atoms with Crippen molar-refractivity contribution >= 4 is 32.9 Å². The van der Waals surface area contributed by atoms with Gasteiger partial charge in [-0.05, 0) is 30.3 Å². The molecule has 0 unspecified atom stereocenters. The Morgan fingerprint density at radius 2 is 2.09 bits per heavy atom. The van der Waals surface area contributed by atoms with Crippen molar-refractivity contribution in [2.75, 3.05) is 6.54 Å². The number of benzene rings is 2. The second-order valence-electron chi connectivity index (χ2n) is 5.14. The summed E-state index contributed by atoms with van der Waals surface area (Å²) in [5.41, 5.74) is 2.47. The Morgan fingerprint density at radius 3 is 2.91 bits per heavy atom. The van der Waals surface area contributed by atoms with Crippen LogP contribution in [0.4, 0.5) is 4.39 Å². The highest BCUT2D eigenvalue weighted by atomic mass is 79.9. The van der Waals surface area contributed by atoms with Crippen molar-refractivity contribution in [2.45, 2.75) is 6.54 Å². The molecule has 3 aromatic rings. The SMILES string of the molecule is O=C1NCCn2c(-c3ccc(Br)cc3F)nc3cccc1c32. The summed E-state index contributed by atoms with van der Waals surface area (Å²) in [6.45, 7) is 1.05. The normalized spacial score (nSPS) is 14.0. The number of amides is 1. The fourth-order valence-corrected chi connectivity index (χ4v) is 3.17. The number of rotatable bonds is 1. The Labute approximate surface area is 134 Å². The highest BCUT2D eigenvalue weighted by Gasteiger charge is 2.22. The molecule has 1 amide bonds. The topological polar surface area (TPSA) is 46.9 Å². The Morgan fingerprint density at radius 1 is 1.23 bits per heavy atom. The third-order valence-corrected chi connectivity index (χ3v) is 4.30. The maximum atomic E-state index is 14.3. The van der Waals surface area contributed by atoms with Crippen LogP contribution in [-0.4, -0.2) is 22.0 Å². The average molecular weight is 360 g/mol. The molecule has 1 aliphatic rings. The summed E-state index contributed by atoms with van der Waals surface area (Å²) in [5.74, 6) is 0.0852. The molecule has 4 rings (SSSR count). The van der Waals surface area contributed by atoms with Crippen LogP contribution < -0.4 is 5.32 Å². The number of para-hydroxylation sites is 1. The van der Waals surface area contributed by atoms with Crippen LogP contribution in [0.3, 0.4) is 0 Å². The maximum Gasteiger partial charge on any atom is 0.253 e. The summed E-state index contributed by atoms with van der Waals surface area (Å²) in [6, 6.07) is 10.3. The van der Waals surface area contributed by atoms with Gasteiger partial charge in [0.1, 0.15) is 11.6 Å².